The molecule has 3 aromatic rings. The topological polar surface area (TPSA) is 94.7 Å². The normalized spacial score (nSPS) is 20.2. The number of nitrogens with one attached hydrogen (secondary N) is 2. The minimum atomic E-state index is -1.12. The third-order valence-electron chi connectivity index (χ3n) is 5.30. The predicted octanol–water partition coefficient (Wildman–Crippen LogP) is 2.23. The fourth-order valence-electron chi connectivity index (χ4n) is 3.75. The van der Waals surface area contributed by atoms with Crippen LogP contribution in [0.25, 0.3) is 17.0 Å². The van der Waals surface area contributed by atoms with Gasteiger partial charge in [0.2, 0.25) is 0 Å². The van der Waals surface area contributed by atoms with E-state index in [2.05, 4.69) is 20.6 Å². The van der Waals surface area contributed by atoms with E-state index in [1.54, 1.807) is 32.3 Å². The van der Waals surface area contributed by atoms with Gasteiger partial charge >= 0.3 is 0 Å². The van der Waals surface area contributed by atoms with Gasteiger partial charge in [-0.2, -0.15) is 0 Å². The smallest absolute Gasteiger partial charge is 0.137 e. The largest absolute Gasteiger partial charge is 0.392 e. The van der Waals surface area contributed by atoms with Gasteiger partial charge in [0.25, 0.3) is 0 Å². The van der Waals surface area contributed by atoms with E-state index >= 15 is 0 Å². The second-order valence-electron chi connectivity index (χ2n) is 7.97. The van der Waals surface area contributed by atoms with Gasteiger partial charge in [-0.15, -0.1) is 0 Å². The van der Waals surface area contributed by atoms with Gasteiger partial charge in [-0.1, -0.05) is 6.07 Å². The number of aliphatic hydroxyl groups is 2. The summed E-state index contributed by atoms with van der Waals surface area (Å²) in [5, 5.41) is 26.6. The molecule has 7 nitrogen and oxygen atoms in total. The summed E-state index contributed by atoms with van der Waals surface area (Å²) in [5.74, 6) is 0.600. The lowest BCUT2D eigenvalue weighted by Crippen LogP contribution is -2.46. The maximum Gasteiger partial charge on any atom is 0.137 e. The molecule has 0 spiro atoms. The molecule has 0 aromatic carbocycles. The van der Waals surface area contributed by atoms with E-state index in [0.717, 1.165) is 5.69 Å². The minimum Gasteiger partial charge on any atom is -0.392 e. The number of anilines is 1. The Bertz CT molecular complexity index is 1010. The van der Waals surface area contributed by atoms with Crippen LogP contribution in [0.3, 0.4) is 0 Å². The summed E-state index contributed by atoms with van der Waals surface area (Å²) in [5.41, 5.74) is 2.21. The van der Waals surface area contributed by atoms with Crippen LogP contribution in [0.5, 0.6) is 0 Å². The molecule has 1 aliphatic heterocycles. The Morgan fingerprint density at radius 2 is 2.21 bits per heavy atom. The monoisotopic (exact) mass is 399 g/mol. The third kappa shape index (κ3) is 3.96. The van der Waals surface area contributed by atoms with Crippen molar-refractivity contribution in [2.24, 2.45) is 0 Å². The molecule has 0 amide bonds. The second-order valence-corrected chi connectivity index (χ2v) is 7.97. The molecule has 2 atom stereocenters. The van der Waals surface area contributed by atoms with Crippen LogP contribution in [0.4, 0.5) is 10.2 Å². The van der Waals surface area contributed by atoms with E-state index in [0.29, 0.717) is 47.8 Å². The molecular formula is C21H26FN5O2. The summed E-state index contributed by atoms with van der Waals surface area (Å²) >= 11 is 0. The highest BCUT2D eigenvalue weighted by molar-refractivity contribution is 5.63. The molecule has 8 heteroatoms. The highest BCUT2D eigenvalue weighted by Crippen LogP contribution is 2.28. The standard InChI is InChI=1S/C21H26FN5O2/c1-21(2,29)14-11-27-18(10-24-20(27)8-13(14)12-28)16-4-3-5-19(25-16)26-17-9-23-7-6-15(17)22/h3-5,8,10-11,15,17,23,28-29H,6-7,9,12H2,1-2H3,(H,25,26)/t15-,17-/m0/s1. The van der Waals surface area contributed by atoms with Gasteiger partial charge in [-0.3, -0.25) is 4.40 Å². The molecule has 0 aliphatic carbocycles. The molecule has 0 unspecified atom stereocenters. The number of pyridine rings is 2. The number of hydrogen-bond donors (Lipinski definition) is 4. The summed E-state index contributed by atoms with van der Waals surface area (Å²) in [7, 11) is 0. The van der Waals surface area contributed by atoms with E-state index in [1.165, 1.54) is 0 Å². The number of alkyl halides is 1. The molecule has 0 saturated carbocycles. The zero-order chi connectivity index (χ0) is 20.6. The van der Waals surface area contributed by atoms with Crippen LogP contribution in [-0.2, 0) is 12.2 Å². The molecule has 0 radical (unpaired) electrons. The molecule has 1 saturated heterocycles. The first-order chi connectivity index (χ1) is 13.9. The van der Waals surface area contributed by atoms with Gasteiger partial charge in [0.1, 0.15) is 17.6 Å². The quantitative estimate of drug-likeness (QED) is 0.526. The molecule has 154 valence electrons. The molecule has 1 aliphatic rings. The number of rotatable bonds is 5. The number of aromatic nitrogens is 3. The Balaban J connectivity index is 1.71. The van der Waals surface area contributed by atoms with E-state index < -0.39 is 11.8 Å². The van der Waals surface area contributed by atoms with Crippen molar-refractivity contribution in [1.29, 1.82) is 0 Å². The van der Waals surface area contributed by atoms with Crippen molar-refractivity contribution >= 4 is 11.5 Å². The summed E-state index contributed by atoms with van der Waals surface area (Å²) in [6.07, 6.45) is 3.06. The number of fused-ring (bicyclic) bond motifs is 1. The Hall–Kier alpha value is -2.55. The molecule has 1 fully saturated rings. The molecule has 29 heavy (non-hydrogen) atoms. The van der Waals surface area contributed by atoms with Crippen molar-refractivity contribution in [3.63, 3.8) is 0 Å². The zero-order valence-corrected chi connectivity index (χ0v) is 16.6. The van der Waals surface area contributed by atoms with Gasteiger partial charge in [0.15, 0.2) is 0 Å². The molecule has 4 rings (SSSR count). The summed E-state index contributed by atoms with van der Waals surface area (Å²) in [6.45, 7) is 4.42. The van der Waals surface area contributed by atoms with Gasteiger partial charge in [0, 0.05) is 18.3 Å². The first-order valence-corrected chi connectivity index (χ1v) is 9.79. The number of halogens is 1. The lowest BCUT2D eigenvalue weighted by molar-refractivity contribution is 0.0755. The Labute approximate surface area is 168 Å². The maximum absolute atomic E-state index is 14.2. The summed E-state index contributed by atoms with van der Waals surface area (Å²) in [6, 6.07) is 7.00. The van der Waals surface area contributed by atoms with E-state index in [1.807, 2.05) is 22.6 Å². The lowest BCUT2D eigenvalue weighted by Gasteiger charge is -2.28. The SMILES string of the molecule is CC(C)(O)c1cn2c(-c3cccc(N[C@H]4CNCC[C@@H]4F)n3)cnc2cc1CO. The number of imidazole rings is 1. The van der Waals surface area contributed by atoms with Crippen molar-refractivity contribution < 1.29 is 14.6 Å². The Morgan fingerprint density at radius 1 is 1.38 bits per heavy atom. The first-order valence-electron chi connectivity index (χ1n) is 9.79. The number of hydrogen-bond acceptors (Lipinski definition) is 6. The number of aliphatic hydroxyl groups excluding tert-OH is 1. The number of piperidine rings is 1. The average molecular weight is 399 g/mol. The van der Waals surface area contributed by atoms with Crippen molar-refractivity contribution in [3.05, 3.63) is 47.8 Å². The van der Waals surface area contributed by atoms with E-state index in [9.17, 15) is 14.6 Å². The number of nitrogens with zero attached hydrogens (tertiary/aromatic N) is 3. The van der Waals surface area contributed by atoms with Crippen LogP contribution in [0.1, 0.15) is 31.4 Å². The van der Waals surface area contributed by atoms with E-state index in [4.69, 9.17) is 0 Å². The Kier molecular flexibility index (Phi) is 5.24. The molecule has 3 aromatic heterocycles. The molecular weight excluding hydrogens is 373 g/mol. The Morgan fingerprint density at radius 3 is 2.93 bits per heavy atom. The average Bonchev–Trinajstić information content (AvgIpc) is 3.11. The van der Waals surface area contributed by atoms with Crippen molar-refractivity contribution in [1.82, 2.24) is 19.7 Å². The molecule has 4 heterocycles. The minimum absolute atomic E-state index is 0.185. The van der Waals surface area contributed by atoms with Crippen LogP contribution < -0.4 is 10.6 Å². The van der Waals surface area contributed by atoms with Gasteiger partial charge in [0.05, 0.1) is 35.8 Å². The van der Waals surface area contributed by atoms with Crippen molar-refractivity contribution in [2.45, 2.75) is 44.7 Å². The van der Waals surface area contributed by atoms with Crippen LogP contribution >= 0.6 is 0 Å². The maximum atomic E-state index is 14.2. The van der Waals surface area contributed by atoms with Gasteiger partial charge in [-0.25, -0.2) is 14.4 Å². The predicted molar refractivity (Wildman–Crippen MR) is 109 cm³/mol. The molecule has 4 N–H and O–H groups in total. The lowest BCUT2D eigenvalue weighted by atomic mass is 9.95. The van der Waals surface area contributed by atoms with Crippen LogP contribution in [0.15, 0.2) is 36.7 Å². The van der Waals surface area contributed by atoms with Crippen molar-refractivity contribution in [3.8, 4) is 11.4 Å². The van der Waals surface area contributed by atoms with E-state index in [-0.39, 0.29) is 12.6 Å². The highest BCUT2D eigenvalue weighted by Gasteiger charge is 2.25. The van der Waals surface area contributed by atoms with Gasteiger partial charge in [-0.05, 0) is 50.6 Å². The highest BCUT2D eigenvalue weighted by atomic mass is 19.1. The molecule has 0 bridgehead atoms. The van der Waals surface area contributed by atoms with Crippen LogP contribution in [0.2, 0.25) is 0 Å². The summed E-state index contributed by atoms with van der Waals surface area (Å²) < 4.78 is 16.0. The second kappa shape index (κ2) is 7.70. The fraction of sp³-hybridized carbons (Fsp3) is 0.429. The first kappa shape index (κ1) is 19.8. The van der Waals surface area contributed by atoms with Gasteiger partial charge < -0.3 is 20.8 Å². The van der Waals surface area contributed by atoms with Crippen LogP contribution in [-0.4, -0.2) is 49.9 Å². The fourth-order valence-corrected chi connectivity index (χ4v) is 3.75. The zero-order valence-electron chi connectivity index (χ0n) is 16.6. The van der Waals surface area contributed by atoms with Crippen LogP contribution in [0, 0.1) is 0 Å². The van der Waals surface area contributed by atoms with Crippen molar-refractivity contribution in [2.75, 3.05) is 18.4 Å². The summed E-state index contributed by atoms with van der Waals surface area (Å²) in [4.78, 5) is 9.07. The third-order valence-corrected chi connectivity index (χ3v) is 5.30.